The minimum atomic E-state index is -3.52. The van der Waals surface area contributed by atoms with E-state index < -0.39 is 10.0 Å². The fourth-order valence-corrected chi connectivity index (χ4v) is 5.05. The molecule has 0 N–H and O–H groups in total. The lowest BCUT2D eigenvalue weighted by molar-refractivity contribution is 0.276. The number of hydrogen-bond acceptors (Lipinski definition) is 2. The molecule has 126 valence electrons. The Bertz CT molecular complexity index is 810. The smallest absolute Gasteiger partial charge is 0.207 e. The van der Waals surface area contributed by atoms with Crippen LogP contribution in [-0.4, -0.2) is 24.8 Å². The van der Waals surface area contributed by atoms with Crippen molar-refractivity contribution in [1.29, 1.82) is 0 Å². The first-order chi connectivity index (χ1) is 11.5. The lowest BCUT2D eigenvalue weighted by Crippen LogP contribution is -2.47. The minimum Gasteiger partial charge on any atom is -0.207 e. The summed E-state index contributed by atoms with van der Waals surface area (Å²) in [5.74, 6) is 0. The van der Waals surface area contributed by atoms with Gasteiger partial charge in [-0.25, -0.2) is 8.42 Å². The molecule has 2 aromatic carbocycles. The second kappa shape index (κ2) is 6.91. The van der Waals surface area contributed by atoms with Crippen molar-refractivity contribution in [3.63, 3.8) is 0 Å². The number of sulfonamides is 1. The summed E-state index contributed by atoms with van der Waals surface area (Å²) in [4.78, 5) is 0.369. The lowest BCUT2D eigenvalue weighted by atomic mass is 9.99. The van der Waals surface area contributed by atoms with Crippen molar-refractivity contribution in [3.8, 4) is 0 Å². The molecule has 3 nitrogen and oxygen atoms in total. The van der Waals surface area contributed by atoms with Crippen LogP contribution in [-0.2, 0) is 16.4 Å². The van der Waals surface area contributed by atoms with Crippen LogP contribution in [0.1, 0.15) is 24.5 Å². The molecule has 0 aliphatic carbocycles. The van der Waals surface area contributed by atoms with Crippen LogP contribution in [0.5, 0.6) is 0 Å². The Morgan fingerprint density at radius 1 is 1.04 bits per heavy atom. The zero-order valence-electron chi connectivity index (χ0n) is 14.1. The summed E-state index contributed by atoms with van der Waals surface area (Å²) in [6.45, 7) is 3.90. The lowest BCUT2D eigenvalue weighted by Gasteiger charge is -2.36. The predicted octanol–water partition coefficient (Wildman–Crippen LogP) is 3.95. The van der Waals surface area contributed by atoms with E-state index in [1.54, 1.807) is 16.4 Å². The van der Waals surface area contributed by atoms with Gasteiger partial charge in [0.2, 0.25) is 10.0 Å². The fourth-order valence-electron chi connectivity index (χ4n) is 3.26. The van der Waals surface area contributed by atoms with Gasteiger partial charge in [0.15, 0.2) is 0 Å². The van der Waals surface area contributed by atoms with Crippen LogP contribution in [0.25, 0.3) is 0 Å². The molecule has 0 spiro atoms. The molecule has 0 bridgehead atoms. The van der Waals surface area contributed by atoms with Gasteiger partial charge >= 0.3 is 0 Å². The minimum absolute atomic E-state index is 0.0568. The topological polar surface area (TPSA) is 37.4 Å². The summed E-state index contributed by atoms with van der Waals surface area (Å²) in [6, 6.07) is 17.0. The molecule has 3 rings (SSSR count). The van der Waals surface area contributed by atoms with E-state index in [0.717, 1.165) is 24.0 Å². The third-order valence-electron chi connectivity index (χ3n) is 4.49. The van der Waals surface area contributed by atoms with Crippen LogP contribution < -0.4 is 0 Å². The molecule has 24 heavy (non-hydrogen) atoms. The van der Waals surface area contributed by atoms with E-state index in [2.05, 4.69) is 18.2 Å². The Morgan fingerprint density at radius 2 is 1.71 bits per heavy atom. The molecule has 0 saturated carbocycles. The van der Waals surface area contributed by atoms with E-state index in [1.165, 1.54) is 0 Å². The van der Waals surface area contributed by atoms with Crippen molar-refractivity contribution in [2.24, 2.45) is 0 Å². The third kappa shape index (κ3) is 3.45. The fraction of sp³-hybridized carbons (Fsp3) is 0.300. The van der Waals surface area contributed by atoms with Gasteiger partial charge in [0.1, 0.15) is 0 Å². The van der Waals surface area contributed by atoms with Gasteiger partial charge in [-0.15, -0.1) is 0 Å². The van der Waals surface area contributed by atoms with Gasteiger partial charge in [-0.05, 0) is 44.4 Å². The molecular formula is C20H23NO2S. The maximum absolute atomic E-state index is 13.2. The van der Waals surface area contributed by atoms with E-state index >= 15 is 0 Å². The maximum Gasteiger partial charge on any atom is 0.243 e. The van der Waals surface area contributed by atoms with E-state index in [1.807, 2.05) is 50.3 Å². The molecule has 0 amide bonds. The van der Waals surface area contributed by atoms with Crippen LogP contribution in [0.2, 0.25) is 0 Å². The second-order valence-corrected chi connectivity index (χ2v) is 8.24. The number of aryl methyl sites for hydroxylation is 1. The Hall–Kier alpha value is -1.91. The van der Waals surface area contributed by atoms with Crippen molar-refractivity contribution in [1.82, 2.24) is 4.31 Å². The average molecular weight is 341 g/mol. The van der Waals surface area contributed by atoms with Crippen molar-refractivity contribution >= 4 is 10.0 Å². The molecule has 0 radical (unpaired) electrons. The summed E-state index contributed by atoms with van der Waals surface area (Å²) in [5, 5.41) is 0. The summed E-state index contributed by atoms with van der Waals surface area (Å²) in [6.07, 6.45) is 5.54. The molecule has 0 aromatic heterocycles. The van der Waals surface area contributed by atoms with E-state index in [0.29, 0.717) is 4.90 Å². The number of hydrogen-bond donors (Lipinski definition) is 0. The van der Waals surface area contributed by atoms with Crippen molar-refractivity contribution in [2.45, 2.75) is 43.7 Å². The van der Waals surface area contributed by atoms with Gasteiger partial charge in [0.05, 0.1) is 4.90 Å². The van der Waals surface area contributed by atoms with Gasteiger partial charge in [-0.3, -0.25) is 0 Å². The molecular weight excluding hydrogens is 318 g/mol. The Labute approximate surface area is 144 Å². The van der Waals surface area contributed by atoms with Crippen molar-refractivity contribution in [2.75, 3.05) is 0 Å². The molecule has 2 atom stereocenters. The van der Waals surface area contributed by atoms with E-state index in [9.17, 15) is 8.42 Å². The SMILES string of the molecule is Cc1ccc(S(=O)(=O)N2[C@@H](Cc3ccccc3)CC=C[C@H]2C)cc1. The van der Waals surface area contributed by atoms with Crippen LogP contribution in [0, 0.1) is 6.92 Å². The molecule has 1 heterocycles. The summed E-state index contributed by atoms with van der Waals surface area (Å²) < 4.78 is 28.1. The van der Waals surface area contributed by atoms with Crippen molar-refractivity contribution in [3.05, 3.63) is 77.9 Å². The summed E-state index contributed by atoms with van der Waals surface area (Å²) in [7, 11) is -3.52. The first kappa shape index (κ1) is 16.9. The summed E-state index contributed by atoms with van der Waals surface area (Å²) >= 11 is 0. The van der Waals surface area contributed by atoms with Gasteiger partial charge in [-0.1, -0.05) is 60.2 Å². The Balaban J connectivity index is 1.95. The molecule has 0 fully saturated rings. The highest BCUT2D eigenvalue weighted by atomic mass is 32.2. The molecule has 2 aromatic rings. The maximum atomic E-state index is 13.2. The first-order valence-electron chi connectivity index (χ1n) is 8.29. The largest absolute Gasteiger partial charge is 0.243 e. The van der Waals surface area contributed by atoms with Crippen LogP contribution in [0.4, 0.5) is 0 Å². The zero-order chi connectivity index (χ0) is 17.2. The zero-order valence-corrected chi connectivity index (χ0v) is 14.9. The molecule has 4 heteroatoms. The Morgan fingerprint density at radius 3 is 2.38 bits per heavy atom. The van der Waals surface area contributed by atoms with Gasteiger partial charge in [0, 0.05) is 12.1 Å². The monoisotopic (exact) mass is 341 g/mol. The molecule has 0 saturated heterocycles. The number of nitrogens with zero attached hydrogens (tertiary/aromatic N) is 1. The van der Waals surface area contributed by atoms with Gasteiger partial charge < -0.3 is 0 Å². The standard InChI is InChI=1S/C20H23NO2S/c1-16-11-13-20(14-12-16)24(22,23)21-17(2)7-6-10-19(21)15-18-8-4-3-5-9-18/h3-9,11-14,17,19H,10,15H2,1-2H3/t17-,19-/m1/s1. The van der Waals surface area contributed by atoms with Crippen LogP contribution >= 0.6 is 0 Å². The highest BCUT2D eigenvalue weighted by molar-refractivity contribution is 7.89. The highest BCUT2D eigenvalue weighted by Crippen LogP contribution is 2.28. The quantitative estimate of drug-likeness (QED) is 0.790. The third-order valence-corrected chi connectivity index (χ3v) is 6.55. The number of benzene rings is 2. The van der Waals surface area contributed by atoms with Gasteiger partial charge in [0.25, 0.3) is 0 Å². The van der Waals surface area contributed by atoms with Crippen molar-refractivity contribution < 1.29 is 8.42 Å². The normalized spacial score (nSPS) is 21.8. The molecule has 1 aliphatic heterocycles. The van der Waals surface area contributed by atoms with Crippen LogP contribution in [0.3, 0.4) is 0 Å². The Kier molecular flexibility index (Phi) is 4.88. The number of rotatable bonds is 4. The average Bonchev–Trinajstić information content (AvgIpc) is 2.56. The van der Waals surface area contributed by atoms with E-state index in [-0.39, 0.29) is 12.1 Å². The predicted molar refractivity (Wildman–Crippen MR) is 97.4 cm³/mol. The first-order valence-corrected chi connectivity index (χ1v) is 9.73. The van der Waals surface area contributed by atoms with E-state index in [4.69, 9.17) is 0 Å². The molecule has 1 aliphatic rings. The van der Waals surface area contributed by atoms with Gasteiger partial charge in [-0.2, -0.15) is 4.31 Å². The molecule has 0 unspecified atom stereocenters. The second-order valence-electron chi connectivity index (χ2n) is 6.40. The van der Waals surface area contributed by atoms with Crippen LogP contribution in [0.15, 0.2) is 71.6 Å². The summed E-state index contributed by atoms with van der Waals surface area (Å²) in [5.41, 5.74) is 2.22. The highest BCUT2D eigenvalue weighted by Gasteiger charge is 2.35.